The molecule has 0 saturated carbocycles. The Morgan fingerprint density at radius 3 is 2.37 bits per heavy atom. The summed E-state index contributed by atoms with van der Waals surface area (Å²) in [6.07, 6.45) is 1.69. The van der Waals surface area contributed by atoms with Gasteiger partial charge >= 0.3 is 0 Å². The second-order valence-corrected chi connectivity index (χ2v) is 10.7. The molecule has 4 rings (SSSR count). The largest absolute Gasteiger partial charge is 0.489 e. The molecule has 2 amide bonds. The molecule has 1 saturated heterocycles. The Balaban J connectivity index is 1.32. The molecule has 38 heavy (non-hydrogen) atoms. The summed E-state index contributed by atoms with van der Waals surface area (Å²) in [5.74, 6) is -0.505. The van der Waals surface area contributed by atoms with Gasteiger partial charge in [0.1, 0.15) is 18.4 Å². The van der Waals surface area contributed by atoms with Gasteiger partial charge in [0.05, 0.1) is 11.1 Å². The molecule has 202 valence electrons. The zero-order valence-electron chi connectivity index (χ0n) is 20.8. The van der Waals surface area contributed by atoms with Crippen molar-refractivity contribution in [1.82, 2.24) is 30.2 Å². The third kappa shape index (κ3) is 6.37. The van der Waals surface area contributed by atoms with E-state index in [4.69, 9.17) is 4.74 Å². The minimum absolute atomic E-state index is 0.0747. The standard InChI is InChI=1S/C25H30N6O6S/c1-18-20(15-27-28-18)17-37-21-9-7-19(8-10-21)24(32)26-16-23(25(33)29-34)30-11-13-31(14-12-30)38(35,36)22-5-3-2-4-6-22/h2-10,15,23,34H,11-14,16-17H2,1H3,(H,26,32)(H,27,28)(H,29,33)/t23-/m0/s1. The second kappa shape index (κ2) is 12.2. The Morgan fingerprint density at radius 1 is 1.08 bits per heavy atom. The zero-order valence-corrected chi connectivity index (χ0v) is 21.6. The first-order chi connectivity index (χ1) is 18.3. The first kappa shape index (κ1) is 27.3. The van der Waals surface area contributed by atoms with Crippen LogP contribution in [-0.2, 0) is 21.4 Å². The Labute approximate surface area is 220 Å². The molecule has 12 nitrogen and oxygen atoms in total. The zero-order chi connectivity index (χ0) is 27.1. The van der Waals surface area contributed by atoms with Gasteiger partial charge in [0.25, 0.3) is 11.8 Å². The van der Waals surface area contributed by atoms with Gasteiger partial charge in [-0.2, -0.15) is 9.40 Å². The Kier molecular flexibility index (Phi) is 8.73. The van der Waals surface area contributed by atoms with Crippen molar-refractivity contribution in [2.24, 2.45) is 0 Å². The highest BCUT2D eigenvalue weighted by atomic mass is 32.2. The number of nitrogens with one attached hydrogen (secondary N) is 3. The number of amides is 2. The molecular weight excluding hydrogens is 512 g/mol. The van der Waals surface area contributed by atoms with Crippen molar-refractivity contribution < 1.29 is 28.0 Å². The molecule has 1 atom stereocenters. The predicted molar refractivity (Wildman–Crippen MR) is 137 cm³/mol. The first-order valence-electron chi connectivity index (χ1n) is 12.0. The molecule has 0 spiro atoms. The van der Waals surface area contributed by atoms with Crippen LogP contribution in [0.5, 0.6) is 5.75 Å². The summed E-state index contributed by atoms with van der Waals surface area (Å²) >= 11 is 0. The van der Waals surface area contributed by atoms with Gasteiger partial charge in [-0.15, -0.1) is 0 Å². The fourth-order valence-electron chi connectivity index (χ4n) is 4.14. The fourth-order valence-corrected chi connectivity index (χ4v) is 5.58. The Bertz CT molecular complexity index is 1340. The van der Waals surface area contributed by atoms with Crippen LogP contribution in [0.15, 0.2) is 65.7 Å². The number of nitrogens with zero attached hydrogens (tertiary/aromatic N) is 3. The molecule has 13 heteroatoms. The number of carbonyl (C=O) groups is 2. The number of sulfonamides is 1. The molecule has 1 fully saturated rings. The summed E-state index contributed by atoms with van der Waals surface area (Å²) in [5.41, 5.74) is 3.86. The van der Waals surface area contributed by atoms with Crippen molar-refractivity contribution in [3.05, 3.63) is 77.6 Å². The fraction of sp³-hybridized carbons (Fsp3) is 0.320. The summed E-state index contributed by atoms with van der Waals surface area (Å²) in [5, 5.41) is 18.8. The third-order valence-corrected chi connectivity index (χ3v) is 8.32. The van der Waals surface area contributed by atoms with Gasteiger partial charge in [0.2, 0.25) is 10.0 Å². The molecule has 2 aromatic carbocycles. The molecule has 0 bridgehead atoms. The molecule has 1 aliphatic rings. The maximum absolute atomic E-state index is 12.9. The van der Waals surface area contributed by atoms with E-state index < -0.39 is 27.9 Å². The second-order valence-electron chi connectivity index (χ2n) is 8.79. The highest BCUT2D eigenvalue weighted by Gasteiger charge is 2.33. The van der Waals surface area contributed by atoms with Crippen LogP contribution < -0.4 is 15.5 Å². The van der Waals surface area contributed by atoms with Gasteiger partial charge in [-0.05, 0) is 43.3 Å². The lowest BCUT2D eigenvalue weighted by Crippen LogP contribution is -2.58. The number of benzene rings is 2. The van der Waals surface area contributed by atoms with E-state index in [0.717, 1.165) is 11.3 Å². The minimum atomic E-state index is -3.65. The topological polar surface area (TPSA) is 157 Å². The minimum Gasteiger partial charge on any atom is -0.489 e. The molecule has 3 aromatic rings. The van der Waals surface area contributed by atoms with Crippen LogP contribution in [0.1, 0.15) is 21.6 Å². The smallest absolute Gasteiger partial charge is 0.262 e. The van der Waals surface area contributed by atoms with Crippen LogP contribution in [0, 0.1) is 6.92 Å². The van der Waals surface area contributed by atoms with E-state index in [0.29, 0.717) is 17.9 Å². The van der Waals surface area contributed by atoms with Crippen LogP contribution in [-0.4, -0.2) is 83.6 Å². The van der Waals surface area contributed by atoms with Gasteiger partial charge in [0, 0.05) is 49.5 Å². The van der Waals surface area contributed by atoms with Crippen LogP contribution >= 0.6 is 0 Å². The summed E-state index contributed by atoms with van der Waals surface area (Å²) in [6, 6.07) is 13.8. The van der Waals surface area contributed by atoms with Crippen LogP contribution in [0.3, 0.4) is 0 Å². The Hall–Kier alpha value is -3.78. The number of aromatic amines is 1. The van der Waals surface area contributed by atoms with E-state index in [9.17, 15) is 23.2 Å². The maximum Gasteiger partial charge on any atom is 0.262 e. The van der Waals surface area contributed by atoms with Gasteiger partial charge in [-0.25, -0.2) is 13.9 Å². The number of aryl methyl sites for hydroxylation is 1. The number of H-pyrrole nitrogens is 1. The molecule has 2 heterocycles. The van der Waals surface area contributed by atoms with Crippen molar-refractivity contribution in [3.8, 4) is 5.75 Å². The first-order valence-corrected chi connectivity index (χ1v) is 13.5. The van der Waals surface area contributed by atoms with E-state index in [-0.39, 0.29) is 37.6 Å². The van der Waals surface area contributed by atoms with E-state index in [1.165, 1.54) is 4.31 Å². The van der Waals surface area contributed by atoms with Crippen molar-refractivity contribution in [1.29, 1.82) is 0 Å². The lowest BCUT2D eigenvalue weighted by Gasteiger charge is -2.37. The number of hydroxylamine groups is 1. The number of carbonyl (C=O) groups excluding carboxylic acids is 2. The van der Waals surface area contributed by atoms with Gasteiger partial charge in [0.15, 0.2) is 0 Å². The number of hydrogen-bond donors (Lipinski definition) is 4. The van der Waals surface area contributed by atoms with E-state index in [2.05, 4.69) is 15.5 Å². The van der Waals surface area contributed by atoms with Gasteiger partial charge in [-0.1, -0.05) is 18.2 Å². The van der Waals surface area contributed by atoms with Crippen LogP contribution in [0.2, 0.25) is 0 Å². The number of piperazine rings is 1. The van der Waals surface area contributed by atoms with Crippen molar-refractivity contribution in [3.63, 3.8) is 0 Å². The highest BCUT2D eigenvalue weighted by Crippen LogP contribution is 2.19. The molecule has 0 radical (unpaired) electrons. The quantitative estimate of drug-likeness (QED) is 0.218. The van der Waals surface area contributed by atoms with Gasteiger partial charge < -0.3 is 10.1 Å². The normalized spacial score (nSPS) is 15.5. The molecular formula is C25H30N6O6S. The van der Waals surface area contributed by atoms with Crippen molar-refractivity contribution in [2.45, 2.75) is 24.5 Å². The Morgan fingerprint density at radius 2 is 1.76 bits per heavy atom. The van der Waals surface area contributed by atoms with E-state index in [1.807, 2.05) is 6.92 Å². The van der Waals surface area contributed by atoms with Gasteiger partial charge in [-0.3, -0.25) is 24.8 Å². The molecule has 0 unspecified atom stereocenters. The highest BCUT2D eigenvalue weighted by molar-refractivity contribution is 7.89. The van der Waals surface area contributed by atoms with Crippen LogP contribution in [0.25, 0.3) is 0 Å². The third-order valence-electron chi connectivity index (χ3n) is 6.41. The molecule has 1 aromatic heterocycles. The van der Waals surface area contributed by atoms with E-state index in [1.54, 1.807) is 71.2 Å². The molecule has 4 N–H and O–H groups in total. The average Bonchev–Trinajstić information content (AvgIpc) is 3.37. The van der Waals surface area contributed by atoms with Crippen molar-refractivity contribution >= 4 is 21.8 Å². The summed E-state index contributed by atoms with van der Waals surface area (Å²) in [7, 11) is -3.65. The van der Waals surface area contributed by atoms with Crippen molar-refractivity contribution in [2.75, 3.05) is 32.7 Å². The average molecular weight is 543 g/mol. The molecule has 1 aliphatic heterocycles. The monoisotopic (exact) mass is 542 g/mol. The molecule has 0 aliphatic carbocycles. The number of aromatic nitrogens is 2. The summed E-state index contributed by atoms with van der Waals surface area (Å²) in [6.45, 7) is 3.00. The number of hydrogen-bond acceptors (Lipinski definition) is 8. The SMILES string of the molecule is Cc1[nH]ncc1COc1ccc(C(=O)NC[C@@H](C(=O)NO)N2CCN(S(=O)(=O)c3ccccc3)CC2)cc1. The van der Waals surface area contributed by atoms with E-state index >= 15 is 0 Å². The number of ether oxygens (including phenoxy) is 1. The number of rotatable bonds is 10. The van der Waals surface area contributed by atoms with Crippen LogP contribution in [0.4, 0.5) is 0 Å². The lowest BCUT2D eigenvalue weighted by atomic mass is 10.1. The summed E-state index contributed by atoms with van der Waals surface area (Å²) < 4.78 is 32.9. The lowest BCUT2D eigenvalue weighted by molar-refractivity contribution is -0.135. The predicted octanol–water partition coefficient (Wildman–Crippen LogP) is 0.907. The maximum atomic E-state index is 12.9. The summed E-state index contributed by atoms with van der Waals surface area (Å²) in [4.78, 5) is 27.0.